The lowest BCUT2D eigenvalue weighted by Gasteiger charge is -2.06. The van der Waals surface area contributed by atoms with Crippen molar-refractivity contribution in [1.82, 2.24) is 9.78 Å². The fourth-order valence-corrected chi connectivity index (χ4v) is 1.26. The number of nitrogens with two attached hydrogens (primary N) is 1. The summed E-state index contributed by atoms with van der Waals surface area (Å²) in [6, 6.07) is 2.28. The molecule has 4 heteroatoms. The Kier molecular flexibility index (Phi) is 2.57. The number of nitriles is 1. The van der Waals surface area contributed by atoms with Gasteiger partial charge in [0, 0.05) is 6.04 Å². The molecule has 0 aliphatic carbocycles. The van der Waals surface area contributed by atoms with Gasteiger partial charge in [0.25, 0.3) is 0 Å². The number of hydrogen-bond donors (Lipinski definition) is 1. The van der Waals surface area contributed by atoms with Crippen LogP contribution in [0.2, 0.25) is 0 Å². The minimum atomic E-state index is 0.201. The summed E-state index contributed by atoms with van der Waals surface area (Å²) < 4.78 is 1.69. The van der Waals surface area contributed by atoms with E-state index in [1.165, 1.54) is 0 Å². The zero-order chi connectivity index (χ0) is 10.0. The van der Waals surface area contributed by atoms with Crippen LogP contribution in [0.4, 0.5) is 5.82 Å². The van der Waals surface area contributed by atoms with Crippen LogP contribution in [-0.4, -0.2) is 9.78 Å². The Morgan fingerprint density at radius 2 is 2.23 bits per heavy atom. The van der Waals surface area contributed by atoms with Crippen molar-refractivity contribution in [1.29, 1.82) is 5.26 Å². The van der Waals surface area contributed by atoms with E-state index in [1.54, 1.807) is 4.68 Å². The fraction of sp³-hybridized carbons (Fsp3) is 0.556. The summed E-state index contributed by atoms with van der Waals surface area (Å²) in [5.41, 5.74) is 7.08. The second-order valence-electron chi connectivity index (χ2n) is 3.21. The summed E-state index contributed by atoms with van der Waals surface area (Å²) >= 11 is 0. The summed E-state index contributed by atoms with van der Waals surface area (Å²) in [5.74, 6) is 0.481. The van der Waals surface area contributed by atoms with Crippen LogP contribution in [0, 0.1) is 11.3 Å². The molecule has 0 fully saturated rings. The maximum Gasteiger partial charge on any atom is 0.140 e. The van der Waals surface area contributed by atoms with E-state index in [2.05, 4.69) is 11.2 Å². The van der Waals surface area contributed by atoms with Gasteiger partial charge in [-0.15, -0.1) is 0 Å². The second-order valence-corrected chi connectivity index (χ2v) is 3.21. The van der Waals surface area contributed by atoms with E-state index in [-0.39, 0.29) is 6.04 Å². The molecule has 0 bridgehead atoms. The lowest BCUT2D eigenvalue weighted by atomic mass is 10.2. The zero-order valence-corrected chi connectivity index (χ0v) is 8.20. The Morgan fingerprint density at radius 3 is 2.54 bits per heavy atom. The van der Waals surface area contributed by atoms with E-state index >= 15 is 0 Å². The highest BCUT2D eigenvalue weighted by Crippen LogP contribution is 2.19. The summed E-state index contributed by atoms with van der Waals surface area (Å²) in [6.45, 7) is 5.95. The molecule has 70 valence electrons. The number of aromatic nitrogens is 2. The van der Waals surface area contributed by atoms with Gasteiger partial charge in [0.2, 0.25) is 0 Å². The van der Waals surface area contributed by atoms with E-state index < -0.39 is 0 Å². The maximum atomic E-state index is 8.84. The van der Waals surface area contributed by atoms with Crippen LogP contribution < -0.4 is 5.73 Å². The Morgan fingerprint density at radius 1 is 1.62 bits per heavy atom. The van der Waals surface area contributed by atoms with Crippen molar-refractivity contribution in [2.45, 2.75) is 33.2 Å². The summed E-state index contributed by atoms with van der Waals surface area (Å²) in [5, 5.41) is 13.1. The first-order chi connectivity index (χ1) is 6.11. The first-order valence-corrected chi connectivity index (χ1v) is 4.38. The van der Waals surface area contributed by atoms with Gasteiger partial charge in [-0.1, -0.05) is 6.92 Å². The molecular weight excluding hydrogens is 164 g/mol. The Bertz CT molecular complexity index is 343. The molecule has 0 aliphatic rings. The number of nitrogens with zero attached hydrogens (tertiary/aromatic N) is 3. The van der Waals surface area contributed by atoms with Crippen molar-refractivity contribution >= 4 is 5.82 Å². The topological polar surface area (TPSA) is 67.6 Å². The van der Waals surface area contributed by atoms with E-state index in [4.69, 9.17) is 11.0 Å². The first-order valence-electron chi connectivity index (χ1n) is 4.38. The molecule has 0 aliphatic heterocycles. The van der Waals surface area contributed by atoms with Gasteiger partial charge in [-0.2, -0.15) is 10.4 Å². The smallest absolute Gasteiger partial charge is 0.140 e. The van der Waals surface area contributed by atoms with Gasteiger partial charge in [-0.25, -0.2) is 4.68 Å². The number of hydrogen-bond acceptors (Lipinski definition) is 3. The zero-order valence-electron chi connectivity index (χ0n) is 8.20. The molecule has 1 rings (SSSR count). The van der Waals surface area contributed by atoms with Gasteiger partial charge < -0.3 is 5.73 Å². The normalized spacial score (nSPS) is 10.4. The third kappa shape index (κ3) is 1.50. The van der Waals surface area contributed by atoms with Crippen molar-refractivity contribution in [3.63, 3.8) is 0 Å². The highest BCUT2D eigenvalue weighted by atomic mass is 15.3. The van der Waals surface area contributed by atoms with Crippen molar-refractivity contribution < 1.29 is 0 Å². The van der Waals surface area contributed by atoms with Crippen LogP contribution in [0.1, 0.15) is 38.1 Å². The minimum absolute atomic E-state index is 0.201. The monoisotopic (exact) mass is 178 g/mol. The molecule has 0 aromatic carbocycles. The van der Waals surface area contributed by atoms with E-state index in [0.29, 0.717) is 11.4 Å². The first kappa shape index (κ1) is 9.59. The molecule has 0 atom stereocenters. The number of rotatable bonds is 2. The van der Waals surface area contributed by atoms with Gasteiger partial charge in [-0.3, -0.25) is 0 Å². The summed E-state index contributed by atoms with van der Waals surface area (Å²) in [4.78, 5) is 0. The average molecular weight is 178 g/mol. The predicted molar refractivity (Wildman–Crippen MR) is 51.1 cm³/mol. The average Bonchev–Trinajstić information content (AvgIpc) is 2.41. The molecule has 13 heavy (non-hydrogen) atoms. The third-order valence-corrected chi connectivity index (χ3v) is 1.96. The van der Waals surface area contributed by atoms with Crippen LogP contribution in [0.25, 0.3) is 0 Å². The molecule has 0 saturated heterocycles. The molecular formula is C9H14N4. The van der Waals surface area contributed by atoms with Crippen LogP contribution in [0.15, 0.2) is 0 Å². The highest BCUT2D eigenvalue weighted by Gasteiger charge is 2.14. The Hall–Kier alpha value is -1.50. The SMILES string of the molecule is CCc1nn(C(C)C)c(N)c1C#N. The lowest BCUT2D eigenvalue weighted by molar-refractivity contribution is 0.535. The number of anilines is 1. The summed E-state index contributed by atoms with van der Waals surface area (Å²) in [6.07, 6.45) is 0.743. The molecule has 0 saturated carbocycles. The Labute approximate surface area is 78.0 Å². The largest absolute Gasteiger partial charge is 0.383 e. The van der Waals surface area contributed by atoms with Gasteiger partial charge in [0.05, 0.1) is 5.69 Å². The number of nitrogen functional groups attached to an aromatic ring is 1. The van der Waals surface area contributed by atoms with Crippen LogP contribution in [-0.2, 0) is 6.42 Å². The van der Waals surface area contributed by atoms with Crippen LogP contribution >= 0.6 is 0 Å². The molecule has 0 spiro atoms. The minimum Gasteiger partial charge on any atom is -0.383 e. The molecule has 0 radical (unpaired) electrons. The molecule has 0 amide bonds. The van der Waals surface area contributed by atoms with E-state index in [9.17, 15) is 0 Å². The van der Waals surface area contributed by atoms with E-state index in [1.807, 2.05) is 20.8 Å². The van der Waals surface area contributed by atoms with Crippen molar-refractivity contribution in [2.24, 2.45) is 0 Å². The molecule has 1 heterocycles. The van der Waals surface area contributed by atoms with Crippen molar-refractivity contribution in [2.75, 3.05) is 5.73 Å². The molecule has 1 aromatic rings. The van der Waals surface area contributed by atoms with Gasteiger partial charge in [-0.05, 0) is 20.3 Å². The standard InChI is InChI=1S/C9H14N4/c1-4-8-7(5-10)9(11)13(12-8)6(2)3/h6H,4,11H2,1-3H3. The third-order valence-electron chi connectivity index (χ3n) is 1.96. The van der Waals surface area contributed by atoms with Crippen molar-refractivity contribution in [3.8, 4) is 6.07 Å². The van der Waals surface area contributed by atoms with Crippen LogP contribution in [0.3, 0.4) is 0 Å². The molecule has 0 unspecified atom stereocenters. The molecule has 2 N–H and O–H groups in total. The summed E-state index contributed by atoms with van der Waals surface area (Å²) in [7, 11) is 0. The Balaban J connectivity index is 3.28. The lowest BCUT2D eigenvalue weighted by Crippen LogP contribution is -2.07. The molecule has 1 aromatic heterocycles. The molecule has 4 nitrogen and oxygen atoms in total. The van der Waals surface area contributed by atoms with Gasteiger partial charge in [0.15, 0.2) is 0 Å². The van der Waals surface area contributed by atoms with Crippen molar-refractivity contribution in [3.05, 3.63) is 11.3 Å². The highest BCUT2D eigenvalue weighted by molar-refractivity contribution is 5.52. The van der Waals surface area contributed by atoms with E-state index in [0.717, 1.165) is 12.1 Å². The second kappa shape index (κ2) is 3.48. The quantitative estimate of drug-likeness (QED) is 0.745. The predicted octanol–water partition coefficient (Wildman–Crippen LogP) is 1.48. The van der Waals surface area contributed by atoms with Gasteiger partial charge >= 0.3 is 0 Å². The number of aryl methyl sites for hydroxylation is 1. The fourth-order valence-electron chi connectivity index (χ4n) is 1.26. The van der Waals surface area contributed by atoms with Crippen LogP contribution in [0.5, 0.6) is 0 Å². The van der Waals surface area contributed by atoms with Gasteiger partial charge in [0.1, 0.15) is 17.5 Å². The maximum absolute atomic E-state index is 8.84.